The molecular formula is C13H22N4O2. The van der Waals surface area contributed by atoms with Gasteiger partial charge in [0.2, 0.25) is 5.82 Å². The highest BCUT2D eigenvalue weighted by Gasteiger charge is 2.25. The lowest BCUT2D eigenvalue weighted by Gasteiger charge is -2.28. The van der Waals surface area contributed by atoms with Gasteiger partial charge in [-0.25, -0.2) is 0 Å². The number of nitrogens with one attached hydrogen (secondary N) is 1. The van der Waals surface area contributed by atoms with Crippen molar-refractivity contribution in [2.24, 2.45) is 13.0 Å². The van der Waals surface area contributed by atoms with Crippen LogP contribution in [0.2, 0.25) is 0 Å². The molecule has 2 rings (SSSR count). The summed E-state index contributed by atoms with van der Waals surface area (Å²) in [5.41, 5.74) is 0.0678. The minimum absolute atomic E-state index is 0.0678. The van der Waals surface area contributed by atoms with E-state index in [9.17, 15) is 10.1 Å². The summed E-state index contributed by atoms with van der Waals surface area (Å²) in [5, 5.41) is 18.3. The number of hydrogen-bond donors (Lipinski definition) is 1. The van der Waals surface area contributed by atoms with E-state index < -0.39 is 0 Å². The Labute approximate surface area is 113 Å². The first-order valence-electron chi connectivity index (χ1n) is 7.04. The number of anilines is 1. The van der Waals surface area contributed by atoms with Crippen LogP contribution in [-0.2, 0) is 7.05 Å². The smallest absolute Gasteiger partial charge is 0.330 e. The number of aromatic nitrogens is 2. The third-order valence-corrected chi connectivity index (χ3v) is 3.89. The van der Waals surface area contributed by atoms with Gasteiger partial charge in [0.1, 0.15) is 6.20 Å². The molecule has 1 aliphatic carbocycles. The van der Waals surface area contributed by atoms with Gasteiger partial charge in [-0.2, -0.15) is 0 Å². The van der Waals surface area contributed by atoms with Crippen molar-refractivity contribution in [1.82, 2.24) is 9.78 Å². The first-order valence-corrected chi connectivity index (χ1v) is 7.04. The van der Waals surface area contributed by atoms with E-state index in [0.29, 0.717) is 11.9 Å². The minimum atomic E-state index is -0.377. The molecule has 6 nitrogen and oxygen atoms in total. The Morgan fingerprint density at radius 1 is 1.47 bits per heavy atom. The quantitative estimate of drug-likeness (QED) is 0.656. The van der Waals surface area contributed by atoms with Crippen molar-refractivity contribution in [2.45, 2.75) is 51.5 Å². The molecule has 1 fully saturated rings. The SMILES string of the molecule is CCCC1CCC(Nc2nn(C)cc2[N+](=O)[O-])CC1. The molecular weight excluding hydrogens is 244 g/mol. The highest BCUT2D eigenvalue weighted by molar-refractivity contribution is 5.55. The van der Waals surface area contributed by atoms with Gasteiger partial charge in [0.05, 0.1) is 4.92 Å². The van der Waals surface area contributed by atoms with Crippen molar-refractivity contribution in [2.75, 3.05) is 5.32 Å². The zero-order valence-corrected chi connectivity index (χ0v) is 11.6. The topological polar surface area (TPSA) is 73.0 Å². The van der Waals surface area contributed by atoms with Crippen LogP contribution in [0.5, 0.6) is 0 Å². The Morgan fingerprint density at radius 2 is 2.16 bits per heavy atom. The summed E-state index contributed by atoms with van der Waals surface area (Å²) in [5.74, 6) is 1.24. The normalized spacial score (nSPS) is 23.3. The number of nitro groups is 1. The zero-order valence-electron chi connectivity index (χ0n) is 11.6. The van der Waals surface area contributed by atoms with Crippen LogP contribution >= 0.6 is 0 Å². The third kappa shape index (κ3) is 3.45. The molecule has 1 aromatic rings. The van der Waals surface area contributed by atoms with Gasteiger partial charge in [-0.05, 0) is 31.6 Å². The summed E-state index contributed by atoms with van der Waals surface area (Å²) in [4.78, 5) is 10.5. The molecule has 1 N–H and O–H groups in total. The molecule has 1 saturated carbocycles. The Kier molecular flexibility index (Phi) is 4.39. The Hall–Kier alpha value is -1.59. The summed E-state index contributed by atoms with van der Waals surface area (Å²) in [7, 11) is 1.70. The molecule has 0 bridgehead atoms. The molecule has 0 aliphatic heterocycles. The fraction of sp³-hybridized carbons (Fsp3) is 0.769. The largest absolute Gasteiger partial charge is 0.360 e. The lowest BCUT2D eigenvalue weighted by Crippen LogP contribution is -2.26. The highest BCUT2D eigenvalue weighted by atomic mass is 16.6. The van der Waals surface area contributed by atoms with Crippen molar-refractivity contribution in [3.8, 4) is 0 Å². The predicted octanol–water partition coefficient (Wildman–Crippen LogP) is 3.10. The van der Waals surface area contributed by atoms with Crippen LogP contribution in [0, 0.1) is 16.0 Å². The van der Waals surface area contributed by atoms with Crippen LogP contribution in [0.3, 0.4) is 0 Å². The second-order valence-corrected chi connectivity index (χ2v) is 5.44. The second-order valence-electron chi connectivity index (χ2n) is 5.44. The molecule has 0 aromatic carbocycles. The molecule has 0 radical (unpaired) electrons. The molecule has 0 unspecified atom stereocenters. The summed E-state index contributed by atoms with van der Waals surface area (Å²) in [6.45, 7) is 2.22. The van der Waals surface area contributed by atoms with E-state index in [-0.39, 0.29) is 10.6 Å². The molecule has 0 amide bonds. The molecule has 1 aliphatic rings. The summed E-state index contributed by atoms with van der Waals surface area (Å²) < 4.78 is 1.49. The van der Waals surface area contributed by atoms with Crippen LogP contribution in [-0.4, -0.2) is 20.7 Å². The fourth-order valence-corrected chi connectivity index (χ4v) is 2.91. The maximum absolute atomic E-state index is 10.9. The van der Waals surface area contributed by atoms with Crippen molar-refractivity contribution < 1.29 is 4.92 Å². The molecule has 1 aromatic heterocycles. The van der Waals surface area contributed by atoms with Gasteiger partial charge in [0.25, 0.3) is 0 Å². The maximum Gasteiger partial charge on any atom is 0.330 e. The van der Waals surface area contributed by atoms with E-state index >= 15 is 0 Å². The Morgan fingerprint density at radius 3 is 2.74 bits per heavy atom. The maximum atomic E-state index is 10.9. The van der Waals surface area contributed by atoms with Crippen LogP contribution in [0.25, 0.3) is 0 Å². The Balaban J connectivity index is 1.94. The summed E-state index contributed by atoms with van der Waals surface area (Å²) in [6.07, 6.45) is 8.59. The van der Waals surface area contributed by atoms with E-state index in [0.717, 1.165) is 18.8 Å². The first kappa shape index (κ1) is 13.8. The van der Waals surface area contributed by atoms with E-state index in [2.05, 4.69) is 17.3 Å². The molecule has 6 heteroatoms. The molecule has 19 heavy (non-hydrogen) atoms. The monoisotopic (exact) mass is 266 g/mol. The zero-order chi connectivity index (χ0) is 13.8. The van der Waals surface area contributed by atoms with Crippen LogP contribution in [0.1, 0.15) is 45.4 Å². The average Bonchev–Trinajstić information content (AvgIpc) is 2.73. The van der Waals surface area contributed by atoms with Crippen molar-refractivity contribution >= 4 is 11.5 Å². The Bertz CT molecular complexity index is 436. The molecule has 106 valence electrons. The minimum Gasteiger partial charge on any atom is -0.360 e. The van der Waals surface area contributed by atoms with E-state index in [1.54, 1.807) is 7.05 Å². The highest BCUT2D eigenvalue weighted by Crippen LogP contribution is 2.31. The van der Waals surface area contributed by atoms with E-state index in [4.69, 9.17) is 0 Å². The number of hydrogen-bond acceptors (Lipinski definition) is 4. The molecule has 0 spiro atoms. The predicted molar refractivity (Wildman–Crippen MR) is 74.1 cm³/mol. The first-order chi connectivity index (χ1) is 9.10. The summed E-state index contributed by atoms with van der Waals surface area (Å²) >= 11 is 0. The summed E-state index contributed by atoms with van der Waals surface area (Å²) in [6, 6.07) is 0.321. The van der Waals surface area contributed by atoms with Crippen molar-refractivity contribution in [1.29, 1.82) is 0 Å². The average molecular weight is 266 g/mol. The standard InChI is InChI=1S/C13H22N4O2/c1-3-4-10-5-7-11(8-6-10)14-13-12(17(18)19)9-16(2)15-13/h9-11H,3-8H2,1-2H3,(H,14,15). The number of nitrogens with zero attached hydrogens (tertiary/aromatic N) is 3. The van der Waals surface area contributed by atoms with Crippen LogP contribution in [0.4, 0.5) is 11.5 Å². The number of aryl methyl sites for hydroxylation is 1. The fourth-order valence-electron chi connectivity index (χ4n) is 2.91. The van der Waals surface area contributed by atoms with Crippen LogP contribution in [0.15, 0.2) is 6.20 Å². The van der Waals surface area contributed by atoms with E-state index in [1.807, 2.05) is 0 Å². The van der Waals surface area contributed by atoms with Gasteiger partial charge in [-0.3, -0.25) is 14.8 Å². The van der Waals surface area contributed by atoms with Crippen molar-refractivity contribution in [3.63, 3.8) is 0 Å². The lowest BCUT2D eigenvalue weighted by molar-refractivity contribution is -0.384. The lowest BCUT2D eigenvalue weighted by atomic mass is 9.83. The molecule has 1 heterocycles. The number of rotatable bonds is 5. The van der Waals surface area contributed by atoms with Gasteiger partial charge in [-0.15, -0.1) is 5.10 Å². The van der Waals surface area contributed by atoms with Gasteiger partial charge in [0.15, 0.2) is 0 Å². The van der Waals surface area contributed by atoms with Crippen LogP contribution < -0.4 is 5.32 Å². The van der Waals surface area contributed by atoms with E-state index in [1.165, 1.54) is 36.6 Å². The van der Waals surface area contributed by atoms with Gasteiger partial charge in [-0.1, -0.05) is 19.8 Å². The van der Waals surface area contributed by atoms with Crippen molar-refractivity contribution in [3.05, 3.63) is 16.3 Å². The van der Waals surface area contributed by atoms with Gasteiger partial charge in [0, 0.05) is 13.1 Å². The van der Waals surface area contributed by atoms with Gasteiger partial charge >= 0.3 is 5.69 Å². The second kappa shape index (κ2) is 6.04. The van der Waals surface area contributed by atoms with Gasteiger partial charge < -0.3 is 5.32 Å². The molecule has 0 atom stereocenters. The molecule has 0 saturated heterocycles. The third-order valence-electron chi connectivity index (χ3n) is 3.89.